The van der Waals surface area contributed by atoms with Gasteiger partial charge in [0.2, 0.25) is 0 Å². The molecule has 0 bridgehead atoms. The Morgan fingerprint density at radius 1 is 0.946 bits per heavy atom. The molecule has 0 aromatic rings. The average molecular weight is 533 g/mol. The van der Waals surface area contributed by atoms with Crippen molar-refractivity contribution in [1.82, 2.24) is 0 Å². The minimum atomic E-state index is -1.63. The number of aliphatic hydroxyl groups is 2. The minimum absolute atomic E-state index is 0.125. The van der Waals surface area contributed by atoms with Crippen LogP contribution in [0.3, 0.4) is 0 Å². The normalized spacial score (nSPS) is 39.8. The lowest BCUT2D eigenvalue weighted by Gasteiger charge is -2.59. The summed E-state index contributed by atoms with van der Waals surface area (Å²) in [5.41, 5.74) is 1.59. The van der Waals surface area contributed by atoms with Gasteiger partial charge in [0.15, 0.2) is 8.32 Å². The van der Waals surface area contributed by atoms with Gasteiger partial charge in [-0.3, -0.25) is 0 Å². The third kappa shape index (κ3) is 5.70. The first-order chi connectivity index (χ1) is 17.1. The standard InChI is InChI=1S/C33H60O3Si/c1-30(2,3)37(7,8)36-22-12-10-9-11-19-33(6,35)29-16-15-27-26-14-13-24-23-25(34)17-20-31(24,4)28(26)18-21-32(27,29)5/h13,25-29,34-35H,9-12,14-23H2,1-8H3/t25-,26-,27-,28-,29-,31-,32-,33?/m0/s1. The maximum Gasteiger partial charge on any atom is 0.191 e. The summed E-state index contributed by atoms with van der Waals surface area (Å²) in [6.07, 6.45) is 17.4. The summed E-state index contributed by atoms with van der Waals surface area (Å²) in [7, 11) is -1.63. The van der Waals surface area contributed by atoms with Gasteiger partial charge < -0.3 is 14.6 Å². The molecule has 0 saturated heterocycles. The molecule has 4 aliphatic carbocycles. The highest BCUT2D eigenvalue weighted by molar-refractivity contribution is 6.74. The van der Waals surface area contributed by atoms with Gasteiger partial charge in [0.05, 0.1) is 11.7 Å². The molecule has 0 amide bonds. The van der Waals surface area contributed by atoms with Gasteiger partial charge in [0.25, 0.3) is 0 Å². The lowest BCUT2D eigenvalue weighted by molar-refractivity contribution is -0.105. The summed E-state index contributed by atoms with van der Waals surface area (Å²) < 4.78 is 6.36. The van der Waals surface area contributed by atoms with E-state index in [9.17, 15) is 10.2 Å². The first-order valence-electron chi connectivity index (χ1n) is 15.9. The van der Waals surface area contributed by atoms with E-state index in [0.29, 0.717) is 11.3 Å². The number of unbranched alkanes of at least 4 members (excludes halogenated alkanes) is 3. The van der Waals surface area contributed by atoms with Gasteiger partial charge >= 0.3 is 0 Å². The Kier molecular flexibility index (Phi) is 8.60. The second kappa shape index (κ2) is 10.7. The van der Waals surface area contributed by atoms with Crippen LogP contribution in [0.15, 0.2) is 11.6 Å². The topological polar surface area (TPSA) is 49.7 Å². The van der Waals surface area contributed by atoms with Crippen molar-refractivity contribution in [3.63, 3.8) is 0 Å². The van der Waals surface area contributed by atoms with Crippen LogP contribution in [0.25, 0.3) is 0 Å². The first-order valence-corrected chi connectivity index (χ1v) is 18.8. The molecule has 0 aliphatic heterocycles. The van der Waals surface area contributed by atoms with Gasteiger partial charge in [-0.25, -0.2) is 0 Å². The molecule has 1 unspecified atom stereocenters. The number of allylic oxidation sites excluding steroid dienone is 1. The van der Waals surface area contributed by atoms with Gasteiger partial charge in [0.1, 0.15) is 0 Å². The summed E-state index contributed by atoms with van der Waals surface area (Å²) in [6.45, 7) is 19.7. The quantitative estimate of drug-likeness (QED) is 0.177. The van der Waals surface area contributed by atoms with Crippen LogP contribution in [-0.2, 0) is 4.43 Å². The molecule has 2 N–H and O–H groups in total. The Balaban J connectivity index is 1.29. The van der Waals surface area contributed by atoms with E-state index in [1.54, 1.807) is 5.57 Å². The number of aliphatic hydroxyl groups excluding tert-OH is 1. The van der Waals surface area contributed by atoms with E-state index in [4.69, 9.17) is 4.43 Å². The fourth-order valence-corrected chi connectivity index (χ4v) is 10.4. The van der Waals surface area contributed by atoms with Crippen LogP contribution >= 0.6 is 0 Å². The number of fused-ring (bicyclic) bond motifs is 5. The molecular weight excluding hydrogens is 472 g/mol. The summed E-state index contributed by atoms with van der Waals surface area (Å²) >= 11 is 0. The highest BCUT2D eigenvalue weighted by atomic mass is 28.4. The summed E-state index contributed by atoms with van der Waals surface area (Å²) in [6, 6.07) is 0. The molecule has 0 heterocycles. The van der Waals surface area contributed by atoms with E-state index in [1.807, 2.05) is 0 Å². The molecule has 8 atom stereocenters. The average Bonchev–Trinajstić information content (AvgIpc) is 3.16. The SMILES string of the molecule is CC(O)(CCCCCCO[Si](C)(C)C(C)(C)C)[C@H]1CC[C@H]2[C@@H]3CC=C4C[C@@H](O)CC[C@]4(C)[C@H]3CC[C@]12C. The monoisotopic (exact) mass is 532 g/mol. The van der Waals surface area contributed by atoms with Gasteiger partial charge in [-0.2, -0.15) is 0 Å². The molecule has 4 aliphatic rings. The number of hydrogen-bond acceptors (Lipinski definition) is 3. The van der Waals surface area contributed by atoms with Crippen molar-refractivity contribution >= 4 is 8.32 Å². The van der Waals surface area contributed by atoms with Crippen molar-refractivity contribution in [1.29, 1.82) is 0 Å². The molecule has 4 heteroatoms. The van der Waals surface area contributed by atoms with E-state index < -0.39 is 13.9 Å². The van der Waals surface area contributed by atoms with Crippen LogP contribution in [0.5, 0.6) is 0 Å². The highest BCUT2D eigenvalue weighted by Crippen LogP contribution is 2.67. The van der Waals surface area contributed by atoms with Gasteiger partial charge in [-0.05, 0) is 124 Å². The molecule has 3 nitrogen and oxygen atoms in total. The zero-order valence-corrected chi connectivity index (χ0v) is 26.7. The Morgan fingerprint density at radius 3 is 2.35 bits per heavy atom. The van der Waals surface area contributed by atoms with Crippen LogP contribution in [0.4, 0.5) is 0 Å². The van der Waals surface area contributed by atoms with Crippen molar-refractivity contribution in [2.24, 2.45) is 34.5 Å². The smallest absolute Gasteiger partial charge is 0.191 e. The number of hydrogen-bond donors (Lipinski definition) is 2. The zero-order chi connectivity index (χ0) is 27.3. The Hall–Kier alpha value is -0.163. The maximum absolute atomic E-state index is 11.8. The lowest BCUT2D eigenvalue weighted by Crippen LogP contribution is -2.53. The van der Waals surface area contributed by atoms with Crippen molar-refractivity contribution in [2.45, 2.75) is 155 Å². The predicted molar refractivity (Wildman–Crippen MR) is 158 cm³/mol. The highest BCUT2D eigenvalue weighted by Gasteiger charge is 2.61. The van der Waals surface area contributed by atoms with Crippen molar-refractivity contribution in [2.75, 3.05) is 6.61 Å². The van der Waals surface area contributed by atoms with Crippen molar-refractivity contribution < 1.29 is 14.6 Å². The summed E-state index contributed by atoms with van der Waals surface area (Å²) in [5, 5.41) is 22.4. The molecule has 0 aromatic heterocycles. The van der Waals surface area contributed by atoms with E-state index in [2.05, 4.69) is 60.7 Å². The first kappa shape index (κ1) is 29.8. The minimum Gasteiger partial charge on any atom is -0.417 e. The lowest BCUT2D eigenvalue weighted by atomic mass is 9.46. The molecule has 37 heavy (non-hydrogen) atoms. The molecule has 214 valence electrons. The van der Waals surface area contributed by atoms with Crippen molar-refractivity contribution in [3.8, 4) is 0 Å². The van der Waals surface area contributed by atoms with E-state index in [-0.39, 0.29) is 16.6 Å². The molecule has 4 rings (SSSR count). The third-order valence-electron chi connectivity index (χ3n) is 12.7. The Bertz CT molecular complexity index is 826. The summed E-state index contributed by atoms with van der Waals surface area (Å²) in [4.78, 5) is 0. The van der Waals surface area contributed by atoms with Crippen LogP contribution in [-0.4, -0.2) is 36.8 Å². The fraction of sp³-hybridized carbons (Fsp3) is 0.939. The maximum atomic E-state index is 11.8. The zero-order valence-electron chi connectivity index (χ0n) is 25.7. The van der Waals surface area contributed by atoms with E-state index in [1.165, 1.54) is 44.9 Å². The van der Waals surface area contributed by atoms with Crippen LogP contribution in [0.1, 0.15) is 125 Å². The summed E-state index contributed by atoms with van der Waals surface area (Å²) in [5.74, 6) is 2.72. The van der Waals surface area contributed by atoms with Gasteiger partial charge in [0, 0.05) is 6.61 Å². The molecular formula is C33H60O3Si. The predicted octanol–water partition coefficient (Wildman–Crippen LogP) is 8.65. The Morgan fingerprint density at radius 2 is 1.65 bits per heavy atom. The molecule has 3 fully saturated rings. The van der Waals surface area contributed by atoms with Gasteiger partial charge in [-0.1, -0.05) is 65.5 Å². The molecule has 0 spiro atoms. The van der Waals surface area contributed by atoms with Crippen LogP contribution < -0.4 is 0 Å². The Labute approximate surface area is 230 Å². The molecule has 0 aromatic carbocycles. The van der Waals surface area contributed by atoms with E-state index >= 15 is 0 Å². The second-order valence-corrected chi connectivity index (χ2v) is 20.8. The number of rotatable bonds is 9. The third-order valence-corrected chi connectivity index (χ3v) is 17.2. The fourth-order valence-electron chi connectivity index (χ4n) is 9.32. The van der Waals surface area contributed by atoms with Crippen LogP contribution in [0.2, 0.25) is 18.1 Å². The van der Waals surface area contributed by atoms with Crippen LogP contribution in [0, 0.1) is 34.5 Å². The molecule has 3 saturated carbocycles. The largest absolute Gasteiger partial charge is 0.417 e. The van der Waals surface area contributed by atoms with Gasteiger partial charge in [-0.15, -0.1) is 0 Å². The second-order valence-electron chi connectivity index (χ2n) is 16.0. The molecule has 0 radical (unpaired) electrons. The van der Waals surface area contributed by atoms with Crippen molar-refractivity contribution in [3.05, 3.63) is 11.6 Å². The van der Waals surface area contributed by atoms with E-state index in [0.717, 1.165) is 62.9 Å².